The van der Waals surface area contributed by atoms with Crippen molar-refractivity contribution >= 4 is 28.7 Å². The van der Waals surface area contributed by atoms with Gasteiger partial charge in [0.15, 0.2) is 11.1 Å². The maximum atomic E-state index is 10.1. The summed E-state index contributed by atoms with van der Waals surface area (Å²) in [5.41, 5.74) is 0. The second-order valence-corrected chi connectivity index (χ2v) is 4.34. The number of carbonyl (C=O) groups excluding carboxylic acids is 1. The van der Waals surface area contributed by atoms with Gasteiger partial charge in [-0.25, -0.2) is 4.21 Å². The number of hydrogen-bond donors (Lipinski definition) is 0. The van der Waals surface area contributed by atoms with Crippen molar-refractivity contribution in [2.24, 2.45) is 0 Å². The number of thioether (sulfide) groups is 1. The second-order valence-electron chi connectivity index (χ2n) is 2.39. The Hall–Kier alpha value is -0.0700. The number of hydrogen-bond acceptors (Lipinski definition) is 4. The zero-order chi connectivity index (χ0) is 12.1. The highest BCUT2D eigenvalue weighted by Gasteiger charge is 1.87. The lowest BCUT2D eigenvalue weighted by Crippen LogP contribution is -2.17. The van der Waals surface area contributed by atoms with Crippen LogP contribution in [-0.4, -0.2) is 55.0 Å². The molecule has 0 bridgehead atoms. The van der Waals surface area contributed by atoms with Crippen molar-refractivity contribution < 1.29 is 13.2 Å². The Kier molecular flexibility index (Phi) is 21.4. The van der Waals surface area contributed by atoms with E-state index in [2.05, 4.69) is 4.18 Å². The van der Waals surface area contributed by atoms with Crippen molar-refractivity contribution in [2.75, 3.05) is 40.0 Å². The Bertz CT molecular complexity index is 152. The topological polar surface area (TPSA) is 46.6 Å². The number of carbonyl (C=O) groups is 1. The third-order valence-electron chi connectivity index (χ3n) is 0.864. The monoisotopic (exact) mass is 243 g/mol. The van der Waals surface area contributed by atoms with Gasteiger partial charge in [-0.2, -0.15) is 11.8 Å². The average Bonchev–Trinajstić information content (AvgIpc) is 2.06. The number of rotatable bonds is 1. The third-order valence-corrected chi connectivity index (χ3v) is 1.33. The Morgan fingerprint density at radius 1 is 1.36 bits per heavy atom. The maximum Gasteiger partial charge on any atom is 0.218 e. The van der Waals surface area contributed by atoms with Gasteiger partial charge in [0.1, 0.15) is 0 Å². The summed E-state index contributed by atoms with van der Waals surface area (Å²) in [6.45, 7) is 1.53. The highest BCUT2D eigenvalue weighted by Crippen LogP contribution is 1.70. The van der Waals surface area contributed by atoms with E-state index in [0.717, 1.165) is 0 Å². The first-order valence-electron chi connectivity index (χ1n) is 3.79. The molecule has 6 heteroatoms. The van der Waals surface area contributed by atoms with E-state index in [1.807, 2.05) is 12.5 Å². The molecule has 1 unspecified atom stereocenters. The van der Waals surface area contributed by atoms with Gasteiger partial charge >= 0.3 is 0 Å². The maximum absolute atomic E-state index is 10.1. The summed E-state index contributed by atoms with van der Waals surface area (Å²) in [5, 5.41) is 0. The molecule has 0 aromatic carbocycles. The summed E-state index contributed by atoms with van der Waals surface area (Å²) in [5.74, 6) is 0.0926. The highest BCUT2D eigenvalue weighted by molar-refractivity contribution is 7.97. The van der Waals surface area contributed by atoms with Crippen LogP contribution in [0.25, 0.3) is 0 Å². The van der Waals surface area contributed by atoms with Gasteiger partial charge < -0.3 is 4.90 Å². The fraction of sp³-hybridized carbons (Fsp3) is 0.875. The summed E-state index contributed by atoms with van der Waals surface area (Å²) in [7, 11) is 4.85. The minimum Gasteiger partial charge on any atom is -0.349 e. The Morgan fingerprint density at radius 3 is 1.50 bits per heavy atom. The molecule has 0 N–H and O–H groups in total. The van der Waals surface area contributed by atoms with Gasteiger partial charge in [0.05, 0.1) is 7.11 Å². The van der Waals surface area contributed by atoms with Gasteiger partial charge in [0, 0.05) is 27.3 Å². The van der Waals surface area contributed by atoms with Crippen molar-refractivity contribution in [2.45, 2.75) is 6.92 Å². The molecule has 0 radical (unpaired) electrons. The zero-order valence-electron chi connectivity index (χ0n) is 9.99. The Balaban J connectivity index is -0.000000138. The van der Waals surface area contributed by atoms with E-state index in [1.165, 1.54) is 25.2 Å². The summed E-state index contributed by atoms with van der Waals surface area (Å²) in [6, 6.07) is 0. The first-order valence-corrected chi connectivity index (χ1v) is 6.90. The molecule has 0 aromatic rings. The first kappa shape index (κ1) is 19.5. The van der Waals surface area contributed by atoms with Crippen LogP contribution in [0.5, 0.6) is 0 Å². The van der Waals surface area contributed by atoms with Crippen LogP contribution >= 0.6 is 11.8 Å². The van der Waals surface area contributed by atoms with Crippen molar-refractivity contribution in [3.8, 4) is 0 Å². The van der Waals surface area contributed by atoms with E-state index < -0.39 is 11.1 Å². The van der Waals surface area contributed by atoms with Crippen LogP contribution < -0.4 is 0 Å². The molecule has 0 aliphatic rings. The molecule has 0 saturated heterocycles. The van der Waals surface area contributed by atoms with Gasteiger partial charge in [-0.15, -0.1) is 0 Å². The fourth-order valence-corrected chi connectivity index (χ4v) is 0. The van der Waals surface area contributed by atoms with Crippen molar-refractivity contribution in [1.29, 1.82) is 0 Å². The molecule has 0 fully saturated rings. The lowest BCUT2D eigenvalue weighted by atomic mass is 10.7. The van der Waals surface area contributed by atoms with Gasteiger partial charge in [-0.1, -0.05) is 0 Å². The van der Waals surface area contributed by atoms with Gasteiger partial charge in [-0.05, 0) is 12.5 Å². The molecule has 0 aromatic heterocycles. The SMILES string of the molecule is CC(=O)N(C)C.COS(C)=O.CSC. The standard InChI is InChI=1S/C4H9NO.C2H6O2S.C2H6S/c1-4(6)5(2)3;1-4-5(2)3;1-3-2/h1-3H3;1-2H3;1-2H3. The van der Waals surface area contributed by atoms with Crippen LogP contribution in [0.15, 0.2) is 0 Å². The quantitative estimate of drug-likeness (QED) is 0.689. The van der Waals surface area contributed by atoms with E-state index in [4.69, 9.17) is 0 Å². The summed E-state index contributed by atoms with van der Waals surface area (Å²) in [4.78, 5) is 11.6. The molecule has 4 nitrogen and oxygen atoms in total. The fourth-order valence-electron chi connectivity index (χ4n) is 0. The predicted octanol–water partition coefficient (Wildman–Crippen LogP) is 1.00. The molecule has 0 spiro atoms. The summed E-state index contributed by atoms with van der Waals surface area (Å²) < 4.78 is 13.9. The van der Waals surface area contributed by atoms with E-state index in [-0.39, 0.29) is 5.91 Å². The minimum atomic E-state index is -1.07. The minimum absolute atomic E-state index is 0.0926. The zero-order valence-corrected chi connectivity index (χ0v) is 11.6. The van der Waals surface area contributed by atoms with Crippen LogP contribution in [0.4, 0.5) is 0 Å². The van der Waals surface area contributed by atoms with Crippen molar-refractivity contribution in [1.82, 2.24) is 4.90 Å². The largest absolute Gasteiger partial charge is 0.349 e. The second kappa shape index (κ2) is 15.4. The summed E-state index contributed by atoms with van der Waals surface area (Å²) >= 11 is 0.677. The lowest BCUT2D eigenvalue weighted by Gasteiger charge is -2.02. The molecular formula is C8H21NO3S2. The Morgan fingerprint density at radius 2 is 1.50 bits per heavy atom. The van der Waals surface area contributed by atoms with Gasteiger partial charge in [0.2, 0.25) is 5.91 Å². The Labute approximate surface area is 94.0 Å². The molecule has 14 heavy (non-hydrogen) atoms. The van der Waals surface area contributed by atoms with Gasteiger partial charge in [0.25, 0.3) is 0 Å². The molecule has 1 amide bonds. The van der Waals surface area contributed by atoms with Crippen molar-refractivity contribution in [3.05, 3.63) is 0 Å². The highest BCUT2D eigenvalue weighted by atomic mass is 32.2. The normalized spacial score (nSPS) is 9.93. The van der Waals surface area contributed by atoms with E-state index in [9.17, 15) is 9.00 Å². The van der Waals surface area contributed by atoms with E-state index in [1.54, 1.807) is 25.9 Å². The smallest absolute Gasteiger partial charge is 0.218 e. The van der Waals surface area contributed by atoms with Crippen LogP contribution in [0, 0.1) is 0 Å². The van der Waals surface area contributed by atoms with Gasteiger partial charge in [-0.3, -0.25) is 8.98 Å². The molecule has 0 aliphatic carbocycles. The van der Waals surface area contributed by atoms with Crippen LogP contribution in [0.2, 0.25) is 0 Å². The predicted molar refractivity (Wildman–Crippen MR) is 64.9 cm³/mol. The average molecular weight is 243 g/mol. The molecule has 88 valence electrons. The molecular weight excluding hydrogens is 222 g/mol. The molecule has 1 atom stereocenters. The molecule has 0 rings (SSSR count). The van der Waals surface area contributed by atoms with Crippen LogP contribution in [-0.2, 0) is 20.1 Å². The lowest BCUT2D eigenvalue weighted by molar-refractivity contribution is -0.126. The molecule has 0 heterocycles. The van der Waals surface area contributed by atoms with E-state index in [0.29, 0.717) is 0 Å². The van der Waals surface area contributed by atoms with Crippen molar-refractivity contribution in [3.63, 3.8) is 0 Å². The summed E-state index contributed by atoms with van der Waals surface area (Å²) in [6.07, 6.45) is 5.56. The third kappa shape index (κ3) is 40.5. The van der Waals surface area contributed by atoms with Crippen LogP contribution in [0.3, 0.4) is 0 Å². The van der Waals surface area contributed by atoms with E-state index >= 15 is 0 Å². The molecule has 0 saturated carbocycles. The first-order chi connectivity index (χ1) is 6.33. The molecule has 0 aliphatic heterocycles. The van der Waals surface area contributed by atoms with Crippen LogP contribution in [0.1, 0.15) is 6.92 Å². The number of amides is 1. The number of nitrogens with zero attached hydrogens (tertiary/aromatic N) is 1.